The summed E-state index contributed by atoms with van der Waals surface area (Å²) in [5.74, 6) is 0.661. The molecule has 5 aromatic rings. The SMILES string of the molecule is CCCc1nc2ccc(Br)cc2c(=O)n1N=Cc1c(C)n(Cc2ccc(Br)cc2Br)c2ccccc12. The van der Waals surface area contributed by atoms with E-state index < -0.39 is 0 Å². The van der Waals surface area contributed by atoms with Crippen molar-refractivity contribution in [3.05, 3.63) is 107 Å². The van der Waals surface area contributed by atoms with Crippen LogP contribution in [0, 0.1) is 6.92 Å². The summed E-state index contributed by atoms with van der Waals surface area (Å²) in [4.78, 5) is 18.2. The Morgan fingerprint density at radius 3 is 2.50 bits per heavy atom. The molecule has 0 saturated heterocycles. The smallest absolute Gasteiger partial charge is 0.282 e. The van der Waals surface area contributed by atoms with Gasteiger partial charge in [0.25, 0.3) is 5.56 Å². The molecule has 36 heavy (non-hydrogen) atoms. The van der Waals surface area contributed by atoms with Gasteiger partial charge in [0, 0.05) is 48.5 Å². The zero-order valence-electron chi connectivity index (χ0n) is 19.8. The van der Waals surface area contributed by atoms with Crippen LogP contribution in [0.25, 0.3) is 21.8 Å². The van der Waals surface area contributed by atoms with Crippen molar-refractivity contribution in [3.63, 3.8) is 0 Å². The zero-order valence-corrected chi connectivity index (χ0v) is 24.6. The molecular weight excluding hydrogens is 648 g/mol. The molecule has 0 radical (unpaired) electrons. The maximum Gasteiger partial charge on any atom is 0.282 e. The number of aromatic nitrogens is 3. The van der Waals surface area contributed by atoms with Crippen LogP contribution in [0.4, 0.5) is 0 Å². The van der Waals surface area contributed by atoms with Crippen LogP contribution in [0.5, 0.6) is 0 Å². The fourth-order valence-electron chi connectivity index (χ4n) is 4.46. The standard InChI is InChI=1S/C28H23Br3N4O/c1-3-6-27-33-25-12-11-19(29)13-22(25)28(36)35(27)32-15-23-17(2)34(26-8-5-4-7-21(23)26)16-18-9-10-20(30)14-24(18)31/h4-5,7-15H,3,6,16H2,1-2H3. The van der Waals surface area contributed by atoms with E-state index in [1.807, 2.05) is 24.3 Å². The minimum Gasteiger partial charge on any atom is -0.340 e. The summed E-state index contributed by atoms with van der Waals surface area (Å²) >= 11 is 10.7. The minimum atomic E-state index is -0.166. The number of fused-ring (bicyclic) bond motifs is 2. The predicted molar refractivity (Wildman–Crippen MR) is 158 cm³/mol. The Hall–Kier alpha value is -2.55. The van der Waals surface area contributed by atoms with Crippen LogP contribution in [0.1, 0.15) is 36.0 Å². The minimum absolute atomic E-state index is 0.166. The van der Waals surface area contributed by atoms with Crippen molar-refractivity contribution in [2.45, 2.75) is 33.2 Å². The number of hydrogen-bond acceptors (Lipinski definition) is 3. The first-order valence-corrected chi connectivity index (χ1v) is 14.0. The first-order chi connectivity index (χ1) is 17.4. The van der Waals surface area contributed by atoms with Gasteiger partial charge in [0.2, 0.25) is 0 Å². The van der Waals surface area contributed by atoms with Gasteiger partial charge >= 0.3 is 0 Å². The third-order valence-electron chi connectivity index (χ3n) is 6.27. The molecule has 0 spiro atoms. The summed E-state index contributed by atoms with van der Waals surface area (Å²) < 4.78 is 6.66. The van der Waals surface area contributed by atoms with E-state index in [-0.39, 0.29) is 5.56 Å². The second-order valence-electron chi connectivity index (χ2n) is 8.64. The highest BCUT2D eigenvalue weighted by Crippen LogP contribution is 2.29. The van der Waals surface area contributed by atoms with E-state index in [0.29, 0.717) is 29.7 Å². The van der Waals surface area contributed by atoms with Crippen molar-refractivity contribution in [3.8, 4) is 0 Å². The zero-order chi connectivity index (χ0) is 25.4. The lowest BCUT2D eigenvalue weighted by Gasteiger charge is -2.11. The Kier molecular flexibility index (Phi) is 7.28. The highest BCUT2D eigenvalue weighted by molar-refractivity contribution is 9.11. The number of hydrogen-bond donors (Lipinski definition) is 0. The van der Waals surface area contributed by atoms with E-state index in [0.717, 1.165) is 42.0 Å². The van der Waals surface area contributed by atoms with Gasteiger partial charge in [0.15, 0.2) is 0 Å². The molecule has 0 fully saturated rings. The van der Waals surface area contributed by atoms with Gasteiger partial charge in [-0.15, -0.1) is 0 Å². The Morgan fingerprint density at radius 2 is 1.72 bits per heavy atom. The number of aryl methyl sites for hydroxylation is 1. The van der Waals surface area contributed by atoms with Gasteiger partial charge in [-0.3, -0.25) is 4.79 Å². The summed E-state index contributed by atoms with van der Waals surface area (Å²) in [6.07, 6.45) is 3.33. The molecule has 182 valence electrons. The Labute approximate surface area is 234 Å². The van der Waals surface area contributed by atoms with Crippen molar-refractivity contribution in [1.82, 2.24) is 14.2 Å². The number of benzene rings is 3. The average Bonchev–Trinajstić information content (AvgIpc) is 3.12. The lowest BCUT2D eigenvalue weighted by Crippen LogP contribution is -2.22. The van der Waals surface area contributed by atoms with Gasteiger partial charge in [-0.25, -0.2) is 4.98 Å². The van der Waals surface area contributed by atoms with E-state index in [1.54, 1.807) is 12.3 Å². The van der Waals surface area contributed by atoms with Gasteiger partial charge in [-0.1, -0.05) is 79.0 Å². The maximum absolute atomic E-state index is 13.4. The summed E-state index contributed by atoms with van der Waals surface area (Å²) in [6, 6.07) is 20.1. The fraction of sp³-hybridized carbons (Fsp3) is 0.179. The second kappa shape index (κ2) is 10.4. The van der Waals surface area contributed by atoms with Crippen LogP contribution in [-0.4, -0.2) is 20.4 Å². The molecule has 3 aromatic carbocycles. The van der Waals surface area contributed by atoms with Crippen molar-refractivity contribution in [2.75, 3.05) is 0 Å². The Bertz CT molecular complexity index is 1700. The van der Waals surface area contributed by atoms with Crippen LogP contribution in [0.3, 0.4) is 0 Å². The first-order valence-electron chi connectivity index (χ1n) is 11.6. The molecular formula is C28H23Br3N4O. The van der Waals surface area contributed by atoms with Crippen LogP contribution in [0.2, 0.25) is 0 Å². The first kappa shape index (κ1) is 25.1. The number of para-hydroxylation sites is 1. The summed E-state index contributed by atoms with van der Waals surface area (Å²) in [7, 11) is 0. The molecule has 2 heterocycles. The predicted octanol–water partition coefficient (Wildman–Crippen LogP) is 7.83. The number of rotatable bonds is 6. The van der Waals surface area contributed by atoms with Gasteiger partial charge < -0.3 is 4.57 Å². The van der Waals surface area contributed by atoms with Crippen LogP contribution >= 0.6 is 47.8 Å². The van der Waals surface area contributed by atoms with Gasteiger partial charge in [-0.2, -0.15) is 9.78 Å². The van der Waals surface area contributed by atoms with Crippen molar-refractivity contribution < 1.29 is 0 Å². The van der Waals surface area contributed by atoms with Crippen LogP contribution < -0.4 is 5.56 Å². The highest BCUT2D eigenvalue weighted by atomic mass is 79.9. The van der Waals surface area contributed by atoms with Crippen molar-refractivity contribution in [1.29, 1.82) is 0 Å². The van der Waals surface area contributed by atoms with Gasteiger partial charge in [0.1, 0.15) is 5.82 Å². The molecule has 0 amide bonds. The average molecular weight is 671 g/mol. The molecule has 2 aromatic heterocycles. The van der Waals surface area contributed by atoms with E-state index in [9.17, 15) is 4.79 Å². The van der Waals surface area contributed by atoms with Crippen LogP contribution in [-0.2, 0) is 13.0 Å². The largest absolute Gasteiger partial charge is 0.340 e. The van der Waals surface area contributed by atoms with Crippen molar-refractivity contribution in [2.24, 2.45) is 5.10 Å². The van der Waals surface area contributed by atoms with E-state index >= 15 is 0 Å². The molecule has 0 atom stereocenters. The summed E-state index contributed by atoms with van der Waals surface area (Å²) in [5.41, 5.74) is 4.88. The normalized spacial score (nSPS) is 11.8. The highest BCUT2D eigenvalue weighted by Gasteiger charge is 2.15. The number of nitrogens with zero attached hydrogens (tertiary/aromatic N) is 4. The molecule has 0 aliphatic heterocycles. The third-order valence-corrected chi connectivity index (χ3v) is 8.00. The quantitative estimate of drug-likeness (QED) is 0.173. The number of halogens is 3. The second-order valence-corrected chi connectivity index (χ2v) is 11.3. The van der Waals surface area contributed by atoms with Gasteiger partial charge in [0.05, 0.1) is 17.1 Å². The molecule has 0 aliphatic carbocycles. The monoisotopic (exact) mass is 668 g/mol. The summed E-state index contributed by atoms with van der Waals surface area (Å²) in [6.45, 7) is 4.88. The molecule has 5 rings (SSSR count). The molecule has 0 bridgehead atoms. The van der Waals surface area contributed by atoms with E-state index in [1.165, 1.54) is 10.2 Å². The van der Waals surface area contributed by atoms with Crippen molar-refractivity contribution >= 4 is 75.8 Å². The van der Waals surface area contributed by atoms with E-state index in [2.05, 4.69) is 96.5 Å². The summed E-state index contributed by atoms with van der Waals surface area (Å²) in [5, 5.41) is 6.34. The Morgan fingerprint density at radius 1 is 0.972 bits per heavy atom. The van der Waals surface area contributed by atoms with Crippen LogP contribution in [0.15, 0.2) is 84.0 Å². The molecule has 5 nitrogen and oxygen atoms in total. The third kappa shape index (κ3) is 4.74. The lowest BCUT2D eigenvalue weighted by atomic mass is 10.1. The lowest BCUT2D eigenvalue weighted by molar-refractivity contribution is 0.703. The molecule has 0 N–H and O–H groups in total. The van der Waals surface area contributed by atoms with E-state index in [4.69, 9.17) is 10.1 Å². The van der Waals surface area contributed by atoms with Gasteiger partial charge in [-0.05, 0) is 55.3 Å². The molecule has 0 aliphatic rings. The maximum atomic E-state index is 13.4. The molecule has 0 saturated carbocycles. The molecule has 8 heteroatoms. The fourth-order valence-corrected chi connectivity index (χ4v) is 5.99. The topological polar surface area (TPSA) is 52.2 Å². The molecule has 0 unspecified atom stereocenters. The Balaban J connectivity index is 1.65.